The third-order valence-corrected chi connectivity index (χ3v) is 7.90. The smallest absolute Gasteiger partial charge is 0.333 e. The monoisotopic (exact) mass is 614 g/mol. The van der Waals surface area contributed by atoms with Gasteiger partial charge in [0.05, 0.1) is 13.7 Å². The number of ether oxygens (including phenoxy) is 4. The molecule has 1 aromatic heterocycles. The Morgan fingerprint density at radius 2 is 1.61 bits per heavy atom. The predicted molar refractivity (Wildman–Crippen MR) is 164 cm³/mol. The minimum atomic E-state index is -1.70. The van der Waals surface area contributed by atoms with Crippen LogP contribution in [0.2, 0.25) is 0 Å². The zero-order valence-corrected chi connectivity index (χ0v) is 24.9. The molecule has 0 saturated carbocycles. The number of hydrogen-bond donors (Lipinski definition) is 1. The molecular weight excluding hydrogens is 584 g/mol. The van der Waals surface area contributed by atoms with Crippen molar-refractivity contribution in [2.24, 2.45) is 0 Å². The van der Waals surface area contributed by atoms with Gasteiger partial charge in [0.1, 0.15) is 42.6 Å². The van der Waals surface area contributed by atoms with Crippen molar-refractivity contribution in [2.45, 2.75) is 17.8 Å². The van der Waals surface area contributed by atoms with Crippen LogP contribution in [0, 0.1) is 0 Å². The van der Waals surface area contributed by atoms with Crippen molar-refractivity contribution in [3.63, 3.8) is 0 Å². The second-order valence-electron chi connectivity index (χ2n) is 9.82. The third-order valence-electron chi connectivity index (χ3n) is 6.76. The lowest BCUT2D eigenvalue weighted by atomic mass is 9.97. The van der Waals surface area contributed by atoms with Gasteiger partial charge in [-0.25, -0.2) is 14.8 Å². The molecule has 0 bridgehead atoms. The van der Waals surface area contributed by atoms with Gasteiger partial charge in [0.2, 0.25) is 10.6 Å². The Balaban J connectivity index is 1.15. The molecule has 0 spiro atoms. The molecular formula is C32H30N4O7S. The van der Waals surface area contributed by atoms with Gasteiger partial charge in [0.15, 0.2) is 0 Å². The Labute approximate surface area is 258 Å². The lowest BCUT2D eigenvalue weighted by Gasteiger charge is -2.22. The van der Waals surface area contributed by atoms with Gasteiger partial charge in [-0.15, -0.1) is 0 Å². The van der Waals surface area contributed by atoms with Crippen LogP contribution >= 0.6 is 11.8 Å². The highest BCUT2D eigenvalue weighted by Gasteiger charge is 2.55. The van der Waals surface area contributed by atoms with Gasteiger partial charge in [0.25, 0.3) is 11.1 Å². The van der Waals surface area contributed by atoms with Gasteiger partial charge in [-0.1, -0.05) is 42.5 Å². The van der Waals surface area contributed by atoms with Crippen LogP contribution in [0.5, 0.6) is 23.1 Å². The van der Waals surface area contributed by atoms with E-state index < -0.39 is 21.9 Å². The molecule has 1 unspecified atom stereocenters. The minimum Gasteiger partial charge on any atom is -0.497 e. The van der Waals surface area contributed by atoms with Crippen LogP contribution in [-0.2, 0) is 27.4 Å². The first kappa shape index (κ1) is 30.4. The molecule has 12 heteroatoms. The van der Waals surface area contributed by atoms with Gasteiger partial charge >= 0.3 is 5.97 Å². The van der Waals surface area contributed by atoms with Crippen LogP contribution < -0.4 is 24.4 Å². The number of nitrogens with zero attached hydrogens (tertiary/aromatic N) is 3. The van der Waals surface area contributed by atoms with Crippen molar-refractivity contribution in [2.75, 3.05) is 32.2 Å². The van der Waals surface area contributed by atoms with E-state index in [2.05, 4.69) is 15.3 Å². The number of benzene rings is 3. The highest BCUT2D eigenvalue weighted by Crippen LogP contribution is 2.37. The number of rotatable bonds is 13. The molecule has 4 aromatic rings. The van der Waals surface area contributed by atoms with Crippen LogP contribution in [0.3, 0.4) is 0 Å². The van der Waals surface area contributed by atoms with E-state index in [1.54, 1.807) is 61.7 Å². The van der Waals surface area contributed by atoms with E-state index in [-0.39, 0.29) is 13.0 Å². The van der Waals surface area contributed by atoms with E-state index in [0.29, 0.717) is 53.7 Å². The molecule has 0 aliphatic carbocycles. The van der Waals surface area contributed by atoms with Gasteiger partial charge in [-0.2, -0.15) is 0 Å². The summed E-state index contributed by atoms with van der Waals surface area (Å²) < 4.78 is 20.7. The van der Waals surface area contributed by atoms with Crippen LogP contribution in [0.4, 0.5) is 10.6 Å². The quantitative estimate of drug-likeness (QED) is 0.165. The lowest BCUT2D eigenvalue weighted by Crippen LogP contribution is -2.46. The van der Waals surface area contributed by atoms with Crippen molar-refractivity contribution in [3.05, 3.63) is 102 Å². The summed E-state index contributed by atoms with van der Waals surface area (Å²) in [5.41, 5.74) is 1.45. The van der Waals surface area contributed by atoms with E-state index >= 15 is 0 Å². The average Bonchev–Trinajstić information content (AvgIpc) is 3.34. The summed E-state index contributed by atoms with van der Waals surface area (Å²) in [6.45, 7) is 0.879. The fraction of sp³-hybridized carbons (Fsp3) is 0.219. The summed E-state index contributed by atoms with van der Waals surface area (Å²) in [6, 6.07) is 25.1. The molecule has 0 radical (unpaired) electrons. The predicted octanol–water partition coefficient (Wildman–Crippen LogP) is 4.80. The summed E-state index contributed by atoms with van der Waals surface area (Å²) in [5.74, 6) is 1.58. The van der Waals surface area contributed by atoms with Crippen LogP contribution in [-0.4, -0.2) is 59.1 Å². The van der Waals surface area contributed by atoms with E-state index in [1.165, 1.54) is 6.33 Å². The molecule has 2 amide bonds. The topological polar surface area (TPSA) is 129 Å². The van der Waals surface area contributed by atoms with E-state index in [1.807, 2.05) is 42.3 Å². The number of anilines is 1. The summed E-state index contributed by atoms with van der Waals surface area (Å²) >= 11 is 0.646. The van der Waals surface area contributed by atoms with E-state index in [4.69, 9.17) is 18.9 Å². The normalized spacial score (nSPS) is 15.8. The highest BCUT2D eigenvalue weighted by atomic mass is 32.2. The molecule has 1 N–H and O–H groups in total. The van der Waals surface area contributed by atoms with E-state index in [9.17, 15) is 14.4 Å². The summed E-state index contributed by atoms with van der Waals surface area (Å²) in [6.07, 6.45) is 1.42. The van der Waals surface area contributed by atoms with Gasteiger partial charge < -0.3 is 23.8 Å². The average molecular weight is 615 g/mol. The zero-order chi connectivity index (χ0) is 30.9. The molecule has 1 saturated heterocycles. The Morgan fingerprint density at radius 3 is 2.30 bits per heavy atom. The number of thioether (sulfide) groups is 1. The Morgan fingerprint density at radius 1 is 0.909 bits per heavy atom. The van der Waals surface area contributed by atoms with Crippen molar-refractivity contribution in [1.82, 2.24) is 15.3 Å². The number of imide groups is 1. The Bertz CT molecular complexity index is 1600. The minimum absolute atomic E-state index is 0.00328. The van der Waals surface area contributed by atoms with E-state index in [0.717, 1.165) is 11.3 Å². The SMILES string of the molecule is COc1ccc(Oc2cc(N(C)CCOc3ccc(CC4(C(=O)OCc5ccccc5)SC(=O)NC4=O)cc3)ncn2)cc1. The maximum atomic E-state index is 13.1. The van der Waals surface area contributed by atoms with Crippen molar-refractivity contribution in [1.29, 1.82) is 0 Å². The number of methoxy groups -OCH3 is 1. The van der Waals surface area contributed by atoms with Gasteiger partial charge in [-0.05, 0) is 59.3 Å². The molecule has 44 heavy (non-hydrogen) atoms. The Hall–Kier alpha value is -5.10. The number of carbonyl (C=O) groups excluding carboxylic acids is 3. The second kappa shape index (κ2) is 13.9. The summed E-state index contributed by atoms with van der Waals surface area (Å²) in [7, 11) is 3.49. The summed E-state index contributed by atoms with van der Waals surface area (Å²) in [4.78, 5) is 48.4. The number of carbonyl (C=O) groups is 3. The van der Waals surface area contributed by atoms with Crippen molar-refractivity contribution < 1.29 is 33.3 Å². The third kappa shape index (κ3) is 7.45. The van der Waals surface area contributed by atoms with Gasteiger partial charge in [-0.3, -0.25) is 14.9 Å². The molecule has 11 nitrogen and oxygen atoms in total. The maximum absolute atomic E-state index is 13.1. The molecule has 3 aromatic carbocycles. The second-order valence-corrected chi connectivity index (χ2v) is 11.1. The zero-order valence-electron chi connectivity index (χ0n) is 24.1. The fourth-order valence-electron chi connectivity index (χ4n) is 4.35. The number of likely N-dealkylation sites (N-methyl/N-ethyl adjacent to an activating group) is 1. The largest absolute Gasteiger partial charge is 0.497 e. The number of hydrogen-bond acceptors (Lipinski definition) is 11. The van der Waals surface area contributed by atoms with Crippen LogP contribution in [0.25, 0.3) is 0 Å². The number of aromatic nitrogens is 2. The molecule has 226 valence electrons. The first-order valence-electron chi connectivity index (χ1n) is 13.7. The molecule has 5 rings (SSSR count). The Kier molecular flexibility index (Phi) is 9.60. The highest BCUT2D eigenvalue weighted by molar-refractivity contribution is 8.16. The number of nitrogens with one attached hydrogen (secondary N) is 1. The first-order chi connectivity index (χ1) is 21.3. The van der Waals surface area contributed by atoms with Crippen molar-refractivity contribution in [3.8, 4) is 23.1 Å². The molecule has 1 atom stereocenters. The summed E-state index contributed by atoms with van der Waals surface area (Å²) in [5, 5.41) is 1.64. The fourth-order valence-corrected chi connectivity index (χ4v) is 5.34. The standard InChI is InChI=1S/C32H30N4O7S/c1-36(27-18-28(34-21-33-27)43-26-14-12-24(40-2)13-15-26)16-17-41-25-10-8-22(9-11-25)19-32(29(37)35-31(39)44-32)30(38)42-20-23-6-4-3-5-7-23/h3-15,18,21H,16-17,19-20H2,1-2H3,(H,35,37,39). The first-order valence-corrected chi connectivity index (χ1v) is 14.5. The molecule has 2 heterocycles. The van der Waals surface area contributed by atoms with Crippen molar-refractivity contribution >= 4 is 34.7 Å². The molecule has 1 aliphatic rings. The maximum Gasteiger partial charge on any atom is 0.333 e. The van der Waals surface area contributed by atoms with Gasteiger partial charge in [0, 0.05) is 19.5 Å². The lowest BCUT2D eigenvalue weighted by molar-refractivity contribution is -0.150. The van der Waals surface area contributed by atoms with Crippen LogP contribution in [0.15, 0.2) is 91.3 Å². The number of esters is 1. The molecule has 1 aliphatic heterocycles. The molecule has 1 fully saturated rings. The number of amides is 2. The van der Waals surface area contributed by atoms with Crippen LogP contribution in [0.1, 0.15) is 11.1 Å².